The van der Waals surface area contributed by atoms with E-state index in [4.69, 9.17) is 4.74 Å². The third-order valence-electron chi connectivity index (χ3n) is 4.43. The number of carboxylic acids is 1. The van der Waals surface area contributed by atoms with Gasteiger partial charge in [-0.15, -0.1) is 0 Å². The molecule has 1 aliphatic rings. The van der Waals surface area contributed by atoms with Crippen molar-refractivity contribution in [2.75, 3.05) is 7.11 Å². The fraction of sp³-hybridized carbons (Fsp3) is 0.263. The topological polar surface area (TPSA) is 66.8 Å². The molecule has 130 valence electrons. The van der Waals surface area contributed by atoms with E-state index in [0.29, 0.717) is 5.56 Å². The monoisotopic (exact) mass is 343 g/mol. The van der Waals surface area contributed by atoms with Crippen LogP contribution in [-0.2, 0) is 29.0 Å². The predicted octanol–water partition coefficient (Wildman–Crippen LogP) is 2.41. The van der Waals surface area contributed by atoms with Crippen LogP contribution in [0.2, 0.25) is 0 Å². The summed E-state index contributed by atoms with van der Waals surface area (Å²) in [4.78, 5) is 25.6. The summed E-state index contributed by atoms with van der Waals surface area (Å²) in [5.41, 5.74) is 2.36. The number of rotatable bonds is 4. The van der Waals surface area contributed by atoms with Crippen LogP contribution in [0.3, 0.4) is 0 Å². The van der Waals surface area contributed by atoms with E-state index in [1.54, 1.807) is 6.07 Å². The number of ether oxygens (including phenoxy) is 1. The normalized spacial score (nSPS) is 16.2. The van der Waals surface area contributed by atoms with Gasteiger partial charge in [0, 0.05) is 13.0 Å². The third kappa shape index (κ3) is 3.47. The van der Waals surface area contributed by atoms with Crippen LogP contribution in [0.4, 0.5) is 4.39 Å². The second kappa shape index (κ2) is 6.93. The lowest BCUT2D eigenvalue weighted by molar-refractivity contribution is -0.151. The molecule has 0 saturated heterocycles. The maximum atomic E-state index is 13.8. The molecule has 1 heterocycles. The van der Waals surface area contributed by atoms with Crippen LogP contribution >= 0.6 is 0 Å². The van der Waals surface area contributed by atoms with Crippen LogP contribution in [0.25, 0.3) is 0 Å². The number of hydrogen-bond donors (Lipinski definition) is 1. The highest BCUT2D eigenvalue weighted by Crippen LogP contribution is 2.25. The molecule has 2 aromatic rings. The highest BCUT2D eigenvalue weighted by molar-refractivity contribution is 5.85. The maximum absolute atomic E-state index is 13.8. The van der Waals surface area contributed by atoms with Crippen molar-refractivity contribution in [2.45, 2.75) is 25.4 Å². The highest BCUT2D eigenvalue weighted by atomic mass is 19.1. The Kier molecular flexibility index (Phi) is 4.70. The lowest BCUT2D eigenvalue weighted by Gasteiger charge is -2.34. The summed E-state index contributed by atoms with van der Waals surface area (Å²) in [5.74, 6) is -1.83. The molecule has 6 heteroatoms. The van der Waals surface area contributed by atoms with Crippen molar-refractivity contribution in [3.63, 3.8) is 0 Å². The molecule has 3 rings (SSSR count). The molecule has 0 aliphatic carbocycles. The van der Waals surface area contributed by atoms with Crippen molar-refractivity contribution in [1.29, 1.82) is 0 Å². The second-order valence-corrected chi connectivity index (χ2v) is 5.99. The molecule has 0 saturated carbocycles. The minimum absolute atomic E-state index is 0.0626. The van der Waals surface area contributed by atoms with Crippen LogP contribution in [-0.4, -0.2) is 35.0 Å². The minimum atomic E-state index is -1.04. The summed E-state index contributed by atoms with van der Waals surface area (Å²) in [7, 11) is 1.37. The first-order valence-electron chi connectivity index (χ1n) is 7.91. The van der Waals surface area contributed by atoms with Gasteiger partial charge >= 0.3 is 5.97 Å². The van der Waals surface area contributed by atoms with E-state index in [2.05, 4.69) is 0 Å². The van der Waals surface area contributed by atoms with Crippen molar-refractivity contribution < 1.29 is 23.8 Å². The predicted molar refractivity (Wildman–Crippen MR) is 88.8 cm³/mol. The molecule has 2 aromatic carbocycles. The number of aliphatic carboxylic acids is 1. The first-order valence-corrected chi connectivity index (χ1v) is 7.91. The maximum Gasteiger partial charge on any atom is 0.326 e. The summed E-state index contributed by atoms with van der Waals surface area (Å²) < 4.78 is 18.7. The molecule has 1 atom stereocenters. The number of hydrogen-bond acceptors (Lipinski definition) is 3. The number of carbonyl (C=O) groups excluding carboxylic acids is 1. The van der Waals surface area contributed by atoms with Gasteiger partial charge in [-0.05, 0) is 28.8 Å². The third-order valence-corrected chi connectivity index (χ3v) is 4.43. The molecule has 1 amide bonds. The van der Waals surface area contributed by atoms with Crippen molar-refractivity contribution >= 4 is 11.9 Å². The smallest absolute Gasteiger partial charge is 0.326 e. The van der Waals surface area contributed by atoms with Crippen molar-refractivity contribution in [1.82, 2.24) is 4.90 Å². The van der Waals surface area contributed by atoms with Crippen molar-refractivity contribution in [2.24, 2.45) is 0 Å². The van der Waals surface area contributed by atoms with Gasteiger partial charge in [0.05, 0.1) is 13.5 Å². The molecule has 5 nitrogen and oxygen atoms in total. The fourth-order valence-electron chi connectivity index (χ4n) is 3.10. The van der Waals surface area contributed by atoms with Gasteiger partial charge in [-0.25, -0.2) is 9.18 Å². The van der Waals surface area contributed by atoms with E-state index in [-0.39, 0.29) is 31.0 Å². The molecular formula is C19H18FNO4. The van der Waals surface area contributed by atoms with Crippen LogP contribution in [0, 0.1) is 5.82 Å². The molecule has 0 radical (unpaired) electrons. The summed E-state index contributed by atoms with van der Waals surface area (Å²) in [6.07, 6.45) is 0.209. The van der Waals surface area contributed by atoms with Gasteiger partial charge in [0.2, 0.25) is 5.91 Å². The molecule has 0 fully saturated rings. The Balaban J connectivity index is 1.82. The van der Waals surface area contributed by atoms with Gasteiger partial charge < -0.3 is 14.7 Å². The lowest BCUT2D eigenvalue weighted by atomic mass is 9.93. The average molecular weight is 343 g/mol. The molecule has 0 aromatic heterocycles. The highest BCUT2D eigenvalue weighted by Gasteiger charge is 2.34. The van der Waals surface area contributed by atoms with Crippen molar-refractivity contribution in [3.8, 4) is 5.75 Å². The lowest BCUT2D eigenvalue weighted by Crippen LogP contribution is -2.49. The number of fused-ring (bicyclic) bond motifs is 1. The minimum Gasteiger partial charge on any atom is -0.494 e. The number of carbonyl (C=O) groups is 2. The molecule has 0 spiro atoms. The van der Waals surface area contributed by atoms with Gasteiger partial charge in [0.15, 0.2) is 11.6 Å². The molecule has 1 aliphatic heterocycles. The number of nitrogens with zero attached hydrogens (tertiary/aromatic N) is 1. The first-order chi connectivity index (χ1) is 12.0. The average Bonchev–Trinajstić information content (AvgIpc) is 2.60. The Morgan fingerprint density at radius 2 is 1.96 bits per heavy atom. The van der Waals surface area contributed by atoms with Gasteiger partial charge in [0.25, 0.3) is 0 Å². The van der Waals surface area contributed by atoms with E-state index >= 15 is 0 Å². The molecule has 0 unspecified atom stereocenters. The SMILES string of the molecule is COc1ccc(CC(=O)N2Cc3ccccc3C[C@H]2C(=O)O)cc1F. The first kappa shape index (κ1) is 17.0. The van der Waals surface area contributed by atoms with Crippen LogP contribution in [0.1, 0.15) is 16.7 Å². The molecule has 25 heavy (non-hydrogen) atoms. The zero-order valence-electron chi connectivity index (χ0n) is 13.7. The zero-order chi connectivity index (χ0) is 18.0. The Hall–Kier alpha value is -2.89. The number of methoxy groups -OCH3 is 1. The number of halogens is 1. The molecule has 0 bridgehead atoms. The number of carboxylic acid groups (broad SMARTS) is 1. The quantitative estimate of drug-likeness (QED) is 0.926. The largest absolute Gasteiger partial charge is 0.494 e. The van der Waals surface area contributed by atoms with E-state index in [9.17, 15) is 19.1 Å². The Morgan fingerprint density at radius 1 is 1.24 bits per heavy atom. The van der Waals surface area contributed by atoms with E-state index in [0.717, 1.165) is 11.1 Å². The Labute approximate surface area is 144 Å². The second-order valence-electron chi connectivity index (χ2n) is 5.99. The van der Waals surface area contributed by atoms with E-state index in [1.165, 1.54) is 24.1 Å². The van der Waals surface area contributed by atoms with Crippen LogP contribution in [0.15, 0.2) is 42.5 Å². The molecule has 1 N–H and O–H groups in total. The standard InChI is InChI=1S/C19H18FNO4/c1-25-17-7-6-12(8-15(17)20)9-18(22)21-11-14-5-3-2-4-13(14)10-16(21)19(23)24/h2-8,16H,9-11H2,1H3,(H,23,24)/t16-/m0/s1. The Morgan fingerprint density at radius 3 is 2.60 bits per heavy atom. The number of benzene rings is 2. The van der Waals surface area contributed by atoms with Crippen molar-refractivity contribution in [3.05, 3.63) is 65.0 Å². The fourth-order valence-corrected chi connectivity index (χ4v) is 3.10. The van der Waals surface area contributed by atoms with Gasteiger partial charge in [-0.2, -0.15) is 0 Å². The number of amides is 1. The summed E-state index contributed by atoms with van der Waals surface area (Å²) in [6.45, 7) is 0.241. The van der Waals surface area contributed by atoms with Gasteiger partial charge in [-0.3, -0.25) is 4.79 Å². The molecular weight excluding hydrogens is 325 g/mol. The van der Waals surface area contributed by atoms with E-state index in [1.807, 2.05) is 24.3 Å². The van der Waals surface area contributed by atoms with Crippen LogP contribution in [0.5, 0.6) is 5.75 Å². The van der Waals surface area contributed by atoms with Gasteiger partial charge in [-0.1, -0.05) is 30.3 Å². The van der Waals surface area contributed by atoms with Gasteiger partial charge in [0.1, 0.15) is 6.04 Å². The van der Waals surface area contributed by atoms with Crippen LogP contribution < -0.4 is 4.74 Å². The van der Waals surface area contributed by atoms with E-state index < -0.39 is 17.8 Å². The zero-order valence-corrected chi connectivity index (χ0v) is 13.7. The summed E-state index contributed by atoms with van der Waals surface area (Å²) in [6, 6.07) is 10.9. The summed E-state index contributed by atoms with van der Waals surface area (Å²) >= 11 is 0. The summed E-state index contributed by atoms with van der Waals surface area (Å²) in [5, 5.41) is 9.49. The Bertz CT molecular complexity index is 821.